The van der Waals surface area contributed by atoms with E-state index in [0.29, 0.717) is 10.6 Å². The van der Waals surface area contributed by atoms with Crippen LogP contribution in [-0.2, 0) is 9.53 Å². The van der Waals surface area contributed by atoms with Crippen molar-refractivity contribution in [3.8, 4) is 0 Å². The van der Waals surface area contributed by atoms with Gasteiger partial charge in [0.15, 0.2) is 6.61 Å². The lowest BCUT2D eigenvalue weighted by Crippen LogP contribution is -2.22. The molecule has 0 aliphatic heterocycles. The van der Waals surface area contributed by atoms with E-state index in [1.807, 2.05) is 39.2 Å². The second-order valence-corrected chi connectivity index (χ2v) is 6.25. The molecule has 1 N–H and O–H groups in total. The number of thioether (sulfide) groups is 1. The largest absolute Gasteiger partial charge is 0.452 e. The molecule has 1 heterocycles. The highest BCUT2D eigenvalue weighted by Gasteiger charge is 2.15. The number of anilines is 1. The summed E-state index contributed by atoms with van der Waals surface area (Å²) in [7, 11) is 0. The molecule has 0 saturated carbocycles. The molecular weight excluding hydrogens is 324 g/mol. The molecule has 1 aromatic heterocycles. The van der Waals surface area contributed by atoms with Crippen LogP contribution in [0, 0.1) is 20.8 Å². The zero-order chi connectivity index (χ0) is 17.7. The highest BCUT2D eigenvalue weighted by molar-refractivity contribution is 7.98. The van der Waals surface area contributed by atoms with E-state index in [-0.39, 0.29) is 12.5 Å². The summed E-state index contributed by atoms with van der Waals surface area (Å²) < 4.78 is 5.10. The van der Waals surface area contributed by atoms with E-state index >= 15 is 0 Å². The monoisotopic (exact) mass is 344 g/mol. The smallest absolute Gasteiger partial charge is 0.341 e. The summed E-state index contributed by atoms with van der Waals surface area (Å²) in [4.78, 5) is 28.3. The molecule has 6 heteroatoms. The maximum Gasteiger partial charge on any atom is 0.341 e. The molecule has 0 saturated heterocycles. The van der Waals surface area contributed by atoms with Crippen molar-refractivity contribution >= 4 is 29.3 Å². The predicted octanol–water partition coefficient (Wildman–Crippen LogP) is 3.52. The second-order valence-electron chi connectivity index (χ2n) is 5.46. The van der Waals surface area contributed by atoms with E-state index in [2.05, 4.69) is 10.3 Å². The van der Waals surface area contributed by atoms with E-state index in [1.54, 1.807) is 18.3 Å². The second kappa shape index (κ2) is 7.97. The number of ether oxygens (including phenoxy) is 1. The molecule has 0 aliphatic carbocycles. The third kappa shape index (κ3) is 4.35. The molecule has 0 spiro atoms. The van der Waals surface area contributed by atoms with Gasteiger partial charge >= 0.3 is 5.97 Å². The van der Waals surface area contributed by atoms with Gasteiger partial charge in [0.25, 0.3) is 5.91 Å². The Bertz CT molecular complexity index is 752. The molecule has 2 rings (SSSR count). The zero-order valence-corrected chi connectivity index (χ0v) is 15.0. The number of benzene rings is 1. The third-order valence-corrected chi connectivity index (χ3v) is 4.17. The number of amides is 1. The van der Waals surface area contributed by atoms with Crippen LogP contribution in [0.1, 0.15) is 27.0 Å². The average molecular weight is 344 g/mol. The fourth-order valence-corrected chi connectivity index (χ4v) is 3.01. The number of nitrogens with zero attached hydrogens (tertiary/aromatic N) is 1. The van der Waals surface area contributed by atoms with Crippen LogP contribution in [0.25, 0.3) is 0 Å². The van der Waals surface area contributed by atoms with E-state index < -0.39 is 5.97 Å². The van der Waals surface area contributed by atoms with Crippen LogP contribution in [0.2, 0.25) is 0 Å². The summed E-state index contributed by atoms with van der Waals surface area (Å²) in [5.41, 5.74) is 4.21. The van der Waals surface area contributed by atoms with Gasteiger partial charge in [0.1, 0.15) is 5.03 Å². The van der Waals surface area contributed by atoms with Crippen LogP contribution < -0.4 is 5.32 Å². The van der Waals surface area contributed by atoms with Gasteiger partial charge in [-0.2, -0.15) is 0 Å². The summed E-state index contributed by atoms with van der Waals surface area (Å²) in [6.07, 6.45) is 3.44. The van der Waals surface area contributed by atoms with Gasteiger partial charge in [-0.05, 0) is 50.3 Å². The molecule has 0 bridgehead atoms. The summed E-state index contributed by atoms with van der Waals surface area (Å²) in [6, 6.07) is 7.28. The molecular formula is C18H20N2O3S. The predicted molar refractivity (Wildman–Crippen MR) is 95.6 cm³/mol. The minimum Gasteiger partial charge on any atom is -0.452 e. The topological polar surface area (TPSA) is 68.3 Å². The lowest BCUT2D eigenvalue weighted by molar-refractivity contribution is -0.119. The minimum absolute atomic E-state index is 0.339. The number of hydrogen-bond acceptors (Lipinski definition) is 5. The number of rotatable bonds is 5. The first-order chi connectivity index (χ1) is 11.4. The number of hydrogen-bond donors (Lipinski definition) is 1. The summed E-state index contributed by atoms with van der Waals surface area (Å²) in [5, 5.41) is 3.38. The Hall–Kier alpha value is -2.34. The maximum absolute atomic E-state index is 12.1. The maximum atomic E-state index is 12.1. The number of pyridine rings is 1. The Balaban J connectivity index is 2.00. The summed E-state index contributed by atoms with van der Waals surface area (Å²) >= 11 is 1.35. The standard InChI is InChI=1S/C18H20N2O3S/c1-11-8-12(2)16(13(3)9-11)20-15(21)10-23-18(22)14-6-5-7-19-17(14)24-4/h5-9H,10H2,1-4H3,(H,20,21). The van der Waals surface area contributed by atoms with Crippen LogP contribution in [0.3, 0.4) is 0 Å². The zero-order valence-electron chi connectivity index (χ0n) is 14.2. The van der Waals surface area contributed by atoms with Crippen molar-refractivity contribution in [2.75, 3.05) is 18.2 Å². The molecule has 2 aromatic rings. The Morgan fingerprint density at radius 3 is 2.50 bits per heavy atom. The number of esters is 1. The van der Waals surface area contributed by atoms with Gasteiger partial charge in [-0.25, -0.2) is 9.78 Å². The SMILES string of the molecule is CSc1ncccc1C(=O)OCC(=O)Nc1c(C)cc(C)cc1C. The van der Waals surface area contributed by atoms with E-state index in [1.165, 1.54) is 11.8 Å². The van der Waals surface area contributed by atoms with Gasteiger partial charge in [-0.15, -0.1) is 11.8 Å². The van der Waals surface area contributed by atoms with E-state index in [9.17, 15) is 9.59 Å². The summed E-state index contributed by atoms with van der Waals surface area (Å²) in [6.45, 7) is 5.53. The van der Waals surface area contributed by atoms with Crippen molar-refractivity contribution in [2.24, 2.45) is 0 Å². The van der Waals surface area contributed by atoms with Crippen molar-refractivity contribution in [1.29, 1.82) is 0 Å². The van der Waals surface area contributed by atoms with Crippen molar-refractivity contribution < 1.29 is 14.3 Å². The minimum atomic E-state index is -0.556. The molecule has 24 heavy (non-hydrogen) atoms. The molecule has 5 nitrogen and oxygen atoms in total. The van der Waals surface area contributed by atoms with E-state index in [4.69, 9.17) is 4.74 Å². The molecule has 126 valence electrons. The van der Waals surface area contributed by atoms with Gasteiger partial charge in [0.05, 0.1) is 5.56 Å². The Morgan fingerprint density at radius 1 is 1.21 bits per heavy atom. The number of aromatic nitrogens is 1. The number of carbonyl (C=O) groups is 2. The quantitative estimate of drug-likeness (QED) is 0.664. The van der Waals surface area contributed by atoms with Crippen molar-refractivity contribution in [3.05, 3.63) is 52.7 Å². The van der Waals surface area contributed by atoms with Crippen LogP contribution in [-0.4, -0.2) is 29.7 Å². The third-order valence-electron chi connectivity index (χ3n) is 3.46. The van der Waals surface area contributed by atoms with Crippen molar-refractivity contribution in [3.63, 3.8) is 0 Å². The molecule has 0 fully saturated rings. The van der Waals surface area contributed by atoms with Gasteiger partial charge in [0.2, 0.25) is 0 Å². The van der Waals surface area contributed by atoms with Crippen molar-refractivity contribution in [1.82, 2.24) is 4.98 Å². The first-order valence-corrected chi connectivity index (χ1v) is 8.68. The highest BCUT2D eigenvalue weighted by atomic mass is 32.2. The molecule has 0 radical (unpaired) electrons. The lowest BCUT2D eigenvalue weighted by atomic mass is 10.1. The first-order valence-electron chi connectivity index (χ1n) is 7.46. The molecule has 0 aliphatic rings. The fraction of sp³-hybridized carbons (Fsp3) is 0.278. The first kappa shape index (κ1) is 18.0. The van der Waals surface area contributed by atoms with Crippen LogP contribution in [0.15, 0.2) is 35.5 Å². The number of aryl methyl sites for hydroxylation is 3. The average Bonchev–Trinajstić information content (AvgIpc) is 2.55. The Morgan fingerprint density at radius 2 is 1.88 bits per heavy atom. The van der Waals surface area contributed by atoms with Crippen LogP contribution in [0.5, 0.6) is 0 Å². The van der Waals surface area contributed by atoms with Gasteiger partial charge in [0, 0.05) is 11.9 Å². The Labute approximate surface area is 145 Å². The molecule has 1 aromatic carbocycles. The lowest BCUT2D eigenvalue weighted by Gasteiger charge is -2.13. The van der Waals surface area contributed by atoms with Gasteiger partial charge in [-0.1, -0.05) is 17.7 Å². The normalized spacial score (nSPS) is 10.3. The van der Waals surface area contributed by atoms with Crippen LogP contribution >= 0.6 is 11.8 Å². The fourth-order valence-electron chi connectivity index (χ4n) is 2.47. The molecule has 0 unspecified atom stereocenters. The van der Waals surface area contributed by atoms with Gasteiger partial charge in [-0.3, -0.25) is 4.79 Å². The molecule has 1 amide bonds. The molecule has 0 atom stereocenters. The summed E-state index contributed by atoms with van der Waals surface area (Å²) in [5.74, 6) is -0.923. The van der Waals surface area contributed by atoms with E-state index in [0.717, 1.165) is 22.4 Å². The van der Waals surface area contributed by atoms with Gasteiger partial charge < -0.3 is 10.1 Å². The number of nitrogens with one attached hydrogen (secondary N) is 1. The van der Waals surface area contributed by atoms with Crippen LogP contribution in [0.4, 0.5) is 5.69 Å². The number of carbonyl (C=O) groups excluding carboxylic acids is 2. The Kier molecular flexibility index (Phi) is 5.98. The van der Waals surface area contributed by atoms with Crippen molar-refractivity contribution in [2.45, 2.75) is 25.8 Å². The highest BCUT2D eigenvalue weighted by Crippen LogP contribution is 2.22.